The lowest BCUT2D eigenvalue weighted by Gasteiger charge is -2.22. The Hall–Kier alpha value is -2.96. The number of nitrogens with zero attached hydrogens (tertiary/aromatic N) is 1. The third-order valence-corrected chi connectivity index (χ3v) is 4.03. The van der Waals surface area contributed by atoms with Crippen LogP contribution in [0.4, 0.5) is 0 Å². The van der Waals surface area contributed by atoms with Gasteiger partial charge in [0.05, 0.1) is 19.1 Å². The number of ether oxygens (including phenoxy) is 2. The molecule has 138 valence electrons. The maximum absolute atomic E-state index is 12.4. The van der Waals surface area contributed by atoms with Gasteiger partial charge in [0, 0.05) is 4.92 Å². The van der Waals surface area contributed by atoms with Crippen molar-refractivity contribution in [2.75, 3.05) is 19.8 Å². The zero-order valence-electron chi connectivity index (χ0n) is 14.7. The first-order valence-electron chi connectivity index (χ1n) is 8.41. The van der Waals surface area contributed by atoms with Crippen molar-refractivity contribution in [3.05, 3.63) is 58.1 Å². The zero-order valence-corrected chi connectivity index (χ0v) is 14.7. The summed E-state index contributed by atoms with van der Waals surface area (Å²) >= 11 is 0. The van der Waals surface area contributed by atoms with Crippen LogP contribution in [0.5, 0.6) is 0 Å². The molecule has 0 aliphatic carbocycles. The fourth-order valence-corrected chi connectivity index (χ4v) is 2.89. The van der Waals surface area contributed by atoms with Crippen molar-refractivity contribution >= 4 is 22.7 Å². The van der Waals surface area contributed by atoms with E-state index in [2.05, 4.69) is 0 Å². The Kier molecular flexibility index (Phi) is 6.66. The molecular formula is C19H21NO6. The predicted octanol–water partition coefficient (Wildman–Crippen LogP) is 2.94. The molecule has 2 aromatic carbocycles. The summed E-state index contributed by atoms with van der Waals surface area (Å²) in [6, 6.07) is 12.8. The maximum atomic E-state index is 12.4. The molecule has 7 nitrogen and oxygen atoms in total. The van der Waals surface area contributed by atoms with E-state index >= 15 is 0 Å². The Morgan fingerprint density at radius 3 is 2.12 bits per heavy atom. The lowest BCUT2D eigenvalue weighted by Crippen LogP contribution is -2.36. The van der Waals surface area contributed by atoms with Gasteiger partial charge in [0.1, 0.15) is 0 Å². The summed E-state index contributed by atoms with van der Waals surface area (Å²) in [6.07, 6.45) is 0. The van der Waals surface area contributed by atoms with E-state index in [0.717, 1.165) is 10.8 Å². The molecule has 0 N–H and O–H groups in total. The third-order valence-electron chi connectivity index (χ3n) is 4.03. The number of rotatable bonds is 8. The minimum atomic E-state index is -1.39. The highest BCUT2D eigenvalue weighted by atomic mass is 16.6. The summed E-state index contributed by atoms with van der Waals surface area (Å²) in [4.78, 5) is 35.4. The van der Waals surface area contributed by atoms with Crippen LogP contribution in [0.3, 0.4) is 0 Å². The fraction of sp³-hybridized carbons (Fsp3) is 0.368. The molecule has 0 spiro atoms. The smallest absolute Gasteiger partial charge is 0.321 e. The summed E-state index contributed by atoms with van der Waals surface area (Å²) in [5, 5.41) is 13.0. The molecule has 0 fully saturated rings. The van der Waals surface area contributed by atoms with Crippen LogP contribution in [0.1, 0.15) is 25.3 Å². The Bertz CT molecular complexity index is 785. The van der Waals surface area contributed by atoms with Gasteiger partial charge in [0.15, 0.2) is 5.92 Å². The minimum absolute atomic E-state index is 0.0671. The van der Waals surface area contributed by atoms with E-state index in [1.807, 2.05) is 30.3 Å². The highest BCUT2D eigenvalue weighted by Crippen LogP contribution is 2.30. The molecule has 0 radical (unpaired) electrons. The van der Waals surface area contributed by atoms with Gasteiger partial charge in [0.2, 0.25) is 6.54 Å². The average Bonchev–Trinajstić information content (AvgIpc) is 2.61. The number of esters is 2. The molecule has 0 amide bonds. The van der Waals surface area contributed by atoms with Crippen LogP contribution in [0, 0.1) is 16.0 Å². The molecule has 0 heterocycles. The predicted molar refractivity (Wildman–Crippen MR) is 95.3 cm³/mol. The van der Waals surface area contributed by atoms with Crippen LogP contribution in [-0.4, -0.2) is 36.6 Å². The summed E-state index contributed by atoms with van der Waals surface area (Å²) < 4.78 is 9.96. The maximum Gasteiger partial charge on any atom is 0.321 e. The summed E-state index contributed by atoms with van der Waals surface area (Å²) in [6.45, 7) is 2.77. The number of carbonyl (C=O) groups excluding carboxylic acids is 2. The highest BCUT2D eigenvalue weighted by Gasteiger charge is 2.41. The number of fused-ring (bicyclic) bond motifs is 1. The molecular weight excluding hydrogens is 338 g/mol. The molecule has 0 aliphatic rings. The van der Waals surface area contributed by atoms with E-state index in [1.54, 1.807) is 26.0 Å². The molecule has 0 saturated heterocycles. The number of hydrogen-bond acceptors (Lipinski definition) is 6. The molecule has 26 heavy (non-hydrogen) atoms. The van der Waals surface area contributed by atoms with Crippen molar-refractivity contribution < 1.29 is 24.0 Å². The van der Waals surface area contributed by atoms with Gasteiger partial charge in [-0.15, -0.1) is 0 Å². The van der Waals surface area contributed by atoms with Crippen LogP contribution < -0.4 is 0 Å². The highest BCUT2D eigenvalue weighted by molar-refractivity contribution is 5.96. The largest absolute Gasteiger partial charge is 0.465 e. The Balaban J connectivity index is 2.51. The summed E-state index contributed by atoms with van der Waals surface area (Å²) in [7, 11) is 0. The van der Waals surface area contributed by atoms with E-state index in [-0.39, 0.29) is 13.2 Å². The molecule has 0 bridgehead atoms. The standard InChI is InChI=1S/C19H21NO6/c1-3-25-18(21)17(19(22)26-4-2)16(12-20(23)24)15-10-9-13-7-5-6-8-14(13)11-15/h5-11,16-17H,3-4,12H2,1-2H3/t16-/m0/s1. The van der Waals surface area contributed by atoms with Gasteiger partial charge in [-0.3, -0.25) is 19.7 Å². The van der Waals surface area contributed by atoms with E-state index in [9.17, 15) is 19.7 Å². The second-order valence-electron chi connectivity index (χ2n) is 5.71. The van der Waals surface area contributed by atoms with Gasteiger partial charge in [-0.25, -0.2) is 0 Å². The molecule has 0 unspecified atom stereocenters. The van der Waals surface area contributed by atoms with E-state index < -0.39 is 35.2 Å². The summed E-state index contributed by atoms with van der Waals surface area (Å²) in [5.74, 6) is -3.99. The molecule has 0 aliphatic heterocycles. The van der Waals surface area contributed by atoms with Gasteiger partial charge in [0.25, 0.3) is 0 Å². The molecule has 2 rings (SSSR count). The molecule has 1 atom stereocenters. The monoisotopic (exact) mass is 359 g/mol. The second-order valence-corrected chi connectivity index (χ2v) is 5.71. The van der Waals surface area contributed by atoms with Gasteiger partial charge in [-0.05, 0) is 30.2 Å². The van der Waals surface area contributed by atoms with Crippen LogP contribution in [0.25, 0.3) is 10.8 Å². The first-order chi connectivity index (χ1) is 12.5. The molecule has 7 heteroatoms. The van der Waals surface area contributed by atoms with Crippen LogP contribution >= 0.6 is 0 Å². The zero-order chi connectivity index (χ0) is 19.1. The topological polar surface area (TPSA) is 95.7 Å². The third kappa shape index (κ3) is 4.56. The van der Waals surface area contributed by atoms with E-state index in [0.29, 0.717) is 5.56 Å². The fourth-order valence-electron chi connectivity index (χ4n) is 2.89. The van der Waals surface area contributed by atoms with Crippen LogP contribution in [0.15, 0.2) is 42.5 Å². The van der Waals surface area contributed by atoms with Crippen molar-refractivity contribution in [2.45, 2.75) is 19.8 Å². The lowest BCUT2D eigenvalue weighted by molar-refractivity contribution is -0.484. The number of nitro groups is 1. The SMILES string of the molecule is CCOC(=O)C(C(=O)OCC)[C@@H](C[N+](=O)[O-])c1ccc2ccccc2c1. The first-order valence-corrected chi connectivity index (χ1v) is 8.41. The van der Waals surface area contributed by atoms with Crippen molar-refractivity contribution in [2.24, 2.45) is 5.92 Å². The summed E-state index contributed by atoms with van der Waals surface area (Å²) in [5.41, 5.74) is 0.520. The van der Waals surface area contributed by atoms with Gasteiger partial charge in [-0.1, -0.05) is 42.5 Å². The number of carbonyl (C=O) groups is 2. The molecule has 0 saturated carbocycles. The quantitative estimate of drug-likeness (QED) is 0.311. The van der Waals surface area contributed by atoms with Crippen LogP contribution in [-0.2, 0) is 19.1 Å². The number of benzene rings is 2. The Morgan fingerprint density at radius 2 is 1.58 bits per heavy atom. The Labute approximate surface area is 151 Å². The van der Waals surface area contributed by atoms with Gasteiger partial charge in [-0.2, -0.15) is 0 Å². The first kappa shape index (κ1) is 19.4. The van der Waals surface area contributed by atoms with Crippen LogP contribution in [0.2, 0.25) is 0 Å². The van der Waals surface area contributed by atoms with Gasteiger partial charge < -0.3 is 9.47 Å². The van der Waals surface area contributed by atoms with Crippen molar-refractivity contribution in [3.63, 3.8) is 0 Å². The van der Waals surface area contributed by atoms with Gasteiger partial charge >= 0.3 is 11.9 Å². The van der Waals surface area contributed by atoms with E-state index in [4.69, 9.17) is 9.47 Å². The van der Waals surface area contributed by atoms with Crippen molar-refractivity contribution in [1.82, 2.24) is 0 Å². The van der Waals surface area contributed by atoms with Crippen molar-refractivity contribution in [3.8, 4) is 0 Å². The molecule has 0 aromatic heterocycles. The average molecular weight is 359 g/mol. The Morgan fingerprint density at radius 1 is 1.00 bits per heavy atom. The lowest BCUT2D eigenvalue weighted by atomic mass is 9.85. The van der Waals surface area contributed by atoms with E-state index in [1.165, 1.54) is 0 Å². The second kappa shape index (κ2) is 8.94. The normalized spacial score (nSPS) is 12.0. The molecule has 2 aromatic rings. The van der Waals surface area contributed by atoms with Crippen molar-refractivity contribution in [1.29, 1.82) is 0 Å². The number of hydrogen-bond donors (Lipinski definition) is 0. The minimum Gasteiger partial charge on any atom is -0.465 e.